The molecule has 0 amide bonds. The molecule has 0 bridgehead atoms. The Kier molecular flexibility index (Phi) is 4.54. The molecule has 2 N–H and O–H groups in total. The van der Waals surface area contributed by atoms with Crippen LogP contribution in [0.4, 0.5) is 5.69 Å². The largest absolute Gasteiger partial charge is 0.370 e. The van der Waals surface area contributed by atoms with Crippen LogP contribution in [0.3, 0.4) is 0 Å². The van der Waals surface area contributed by atoms with E-state index in [1.54, 1.807) is 11.8 Å². The molecule has 3 nitrogen and oxygen atoms in total. The Morgan fingerprint density at radius 2 is 2.22 bits per heavy atom. The van der Waals surface area contributed by atoms with E-state index in [0.717, 1.165) is 13.1 Å². The lowest BCUT2D eigenvalue weighted by Gasteiger charge is -2.24. The van der Waals surface area contributed by atoms with Crippen LogP contribution in [-0.2, 0) is 6.54 Å². The summed E-state index contributed by atoms with van der Waals surface area (Å²) in [7, 11) is 4.33. The zero-order chi connectivity index (χ0) is 13.1. The van der Waals surface area contributed by atoms with Gasteiger partial charge < -0.3 is 15.5 Å². The van der Waals surface area contributed by atoms with E-state index in [9.17, 15) is 0 Å². The molecule has 1 aliphatic rings. The molecule has 1 saturated heterocycles. The third kappa shape index (κ3) is 2.66. The summed E-state index contributed by atoms with van der Waals surface area (Å²) >= 11 is 1.78. The highest BCUT2D eigenvalue weighted by atomic mass is 32.2. The Balaban J connectivity index is 2.24. The summed E-state index contributed by atoms with van der Waals surface area (Å²) in [5.74, 6) is 0. The van der Waals surface area contributed by atoms with Gasteiger partial charge in [-0.05, 0) is 38.9 Å². The summed E-state index contributed by atoms with van der Waals surface area (Å²) < 4.78 is 0. The highest BCUT2D eigenvalue weighted by Gasteiger charge is 2.25. The Morgan fingerprint density at radius 1 is 1.44 bits per heavy atom. The van der Waals surface area contributed by atoms with E-state index >= 15 is 0 Å². The monoisotopic (exact) mass is 265 g/mol. The van der Waals surface area contributed by atoms with Gasteiger partial charge in [0.15, 0.2) is 0 Å². The quantitative estimate of drug-likeness (QED) is 0.844. The van der Waals surface area contributed by atoms with Crippen LogP contribution in [0.2, 0.25) is 0 Å². The van der Waals surface area contributed by atoms with Crippen molar-refractivity contribution in [2.75, 3.05) is 38.3 Å². The second kappa shape index (κ2) is 5.95. The lowest BCUT2D eigenvalue weighted by Crippen LogP contribution is -2.31. The van der Waals surface area contributed by atoms with Crippen molar-refractivity contribution in [1.82, 2.24) is 4.90 Å². The van der Waals surface area contributed by atoms with Crippen molar-refractivity contribution in [3.05, 3.63) is 23.8 Å². The minimum atomic E-state index is 0.621. The maximum atomic E-state index is 5.94. The van der Waals surface area contributed by atoms with Crippen LogP contribution in [0.5, 0.6) is 0 Å². The van der Waals surface area contributed by atoms with Crippen LogP contribution in [-0.4, -0.2) is 44.4 Å². The molecule has 2 rings (SSSR count). The molecular formula is C14H23N3S. The average Bonchev–Trinajstić information content (AvgIpc) is 2.87. The lowest BCUT2D eigenvalue weighted by molar-refractivity contribution is 0.315. The predicted octanol–water partition coefficient (Wildman–Crippen LogP) is 2.01. The smallest absolute Gasteiger partial charge is 0.0423 e. The second-order valence-electron chi connectivity index (χ2n) is 5.01. The van der Waals surface area contributed by atoms with Crippen molar-refractivity contribution in [2.45, 2.75) is 23.9 Å². The van der Waals surface area contributed by atoms with Crippen LogP contribution in [0.25, 0.3) is 0 Å². The molecule has 1 fully saturated rings. The topological polar surface area (TPSA) is 32.5 Å². The fourth-order valence-electron chi connectivity index (χ4n) is 2.63. The normalized spacial score (nSPS) is 19.8. The van der Waals surface area contributed by atoms with Crippen molar-refractivity contribution in [3.8, 4) is 0 Å². The van der Waals surface area contributed by atoms with Gasteiger partial charge in [-0.3, -0.25) is 0 Å². The lowest BCUT2D eigenvalue weighted by atomic mass is 10.1. The van der Waals surface area contributed by atoms with E-state index in [1.807, 2.05) is 0 Å². The summed E-state index contributed by atoms with van der Waals surface area (Å²) in [6, 6.07) is 7.17. The zero-order valence-electron chi connectivity index (χ0n) is 11.5. The number of benzene rings is 1. The summed E-state index contributed by atoms with van der Waals surface area (Å²) in [5.41, 5.74) is 8.56. The van der Waals surface area contributed by atoms with Gasteiger partial charge in [-0.25, -0.2) is 0 Å². The Bertz CT molecular complexity index is 406. The maximum absolute atomic E-state index is 5.94. The molecule has 0 aromatic heterocycles. The summed E-state index contributed by atoms with van der Waals surface area (Å²) in [6.45, 7) is 2.86. The molecule has 0 radical (unpaired) electrons. The highest BCUT2D eigenvalue weighted by molar-refractivity contribution is 7.98. The van der Waals surface area contributed by atoms with E-state index in [1.165, 1.54) is 22.6 Å². The number of nitrogens with zero attached hydrogens (tertiary/aromatic N) is 2. The summed E-state index contributed by atoms with van der Waals surface area (Å²) in [5, 5.41) is 0. The number of hydrogen-bond acceptors (Lipinski definition) is 4. The van der Waals surface area contributed by atoms with Crippen molar-refractivity contribution >= 4 is 17.4 Å². The molecule has 0 saturated carbocycles. The fraction of sp³-hybridized carbons (Fsp3) is 0.571. The van der Waals surface area contributed by atoms with Gasteiger partial charge in [0, 0.05) is 41.8 Å². The molecule has 0 spiro atoms. The zero-order valence-corrected chi connectivity index (χ0v) is 12.3. The van der Waals surface area contributed by atoms with E-state index < -0.39 is 0 Å². The third-order valence-electron chi connectivity index (χ3n) is 3.77. The van der Waals surface area contributed by atoms with Crippen molar-refractivity contribution in [2.24, 2.45) is 5.73 Å². The third-order valence-corrected chi connectivity index (χ3v) is 4.59. The summed E-state index contributed by atoms with van der Waals surface area (Å²) in [6.07, 6.45) is 3.35. The molecule has 0 aliphatic carbocycles. The fourth-order valence-corrected chi connectivity index (χ4v) is 3.28. The van der Waals surface area contributed by atoms with E-state index in [4.69, 9.17) is 5.73 Å². The number of rotatable bonds is 4. The Labute approximate surface area is 114 Å². The maximum Gasteiger partial charge on any atom is 0.0423 e. The van der Waals surface area contributed by atoms with Crippen LogP contribution >= 0.6 is 11.8 Å². The van der Waals surface area contributed by atoms with Gasteiger partial charge in [0.05, 0.1) is 0 Å². The van der Waals surface area contributed by atoms with Crippen molar-refractivity contribution in [1.29, 1.82) is 0 Å². The molecule has 1 heterocycles. The first kappa shape index (κ1) is 13.7. The minimum Gasteiger partial charge on any atom is -0.370 e. The minimum absolute atomic E-state index is 0.621. The first-order valence-corrected chi connectivity index (χ1v) is 7.67. The van der Waals surface area contributed by atoms with E-state index in [0.29, 0.717) is 12.6 Å². The van der Waals surface area contributed by atoms with Gasteiger partial charge in [-0.2, -0.15) is 0 Å². The van der Waals surface area contributed by atoms with Crippen LogP contribution in [0.15, 0.2) is 23.1 Å². The van der Waals surface area contributed by atoms with Gasteiger partial charge in [0.1, 0.15) is 0 Å². The molecule has 1 aromatic carbocycles. The number of thioether (sulfide) groups is 1. The van der Waals surface area contributed by atoms with E-state index in [-0.39, 0.29) is 0 Å². The molecule has 18 heavy (non-hydrogen) atoms. The van der Waals surface area contributed by atoms with E-state index in [2.05, 4.69) is 48.4 Å². The van der Waals surface area contributed by atoms with Gasteiger partial charge in [-0.1, -0.05) is 6.07 Å². The molecule has 1 unspecified atom stereocenters. The van der Waals surface area contributed by atoms with Gasteiger partial charge >= 0.3 is 0 Å². The predicted molar refractivity (Wildman–Crippen MR) is 80.4 cm³/mol. The van der Waals surface area contributed by atoms with Gasteiger partial charge in [-0.15, -0.1) is 11.8 Å². The Morgan fingerprint density at radius 3 is 2.78 bits per heavy atom. The van der Waals surface area contributed by atoms with Gasteiger partial charge in [0.2, 0.25) is 0 Å². The SMILES string of the molecule is CSc1cccc(N2CCC(N(C)C)C2)c1CN. The molecule has 4 heteroatoms. The summed E-state index contributed by atoms with van der Waals surface area (Å²) in [4.78, 5) is 6.11. The number of nitrogens with two attached hydrogens (primary N) is 1. The van der Waals surface area contributed by atoms with Crippen molar-refractivity contribution < 1.29 is 0 Å². The standard InChI is InChI=1S/C14H23N3S/c1-16(2)11-7-8-17(10-11)13-5-4-6-14(18-3)12(13)9-15/h4-6,11H,7-10,15H2,1-3H3. The molecular weight excluding hydrogens is 242 g/mol. The first-order valence-electron chi connectivity index (χ1n) is 6.44. The molecule has 1 aromatic rings. The number of likely N-dealkylation sites (N-methyl/N-ethyl adjacent to an activating group) is 1. The van der Waals surface area contributed by atoms with Crippen molar-refractivity contribution in [3.63, 3.8) is 0 Å². The second-order valence-corrected chi connectivity index (χ2v) is 5.86. The first-order chi connectivity index (χ1) is 8.67. The number of anilines is 1. The van der Waals surface area contributed by atoms with Crippen LogP contribution in [0, 0.1) is 0 Å². The number of hydrogen-bond donors (Lipinski definition) is 1. The average molecular weight is 265 g/mol. The van der Waals surface area contributed by atoms with Gasteiger partial charge in [0.25, 0.3) is 0 Å². The molecule has 100 valence electrons. The highest BCUT2D eigenvalue weighted by Crippen LogP contribution is 2.31. The van der Waals surface area contributed by atoms with Crippen LogP contribution in [0.1, 0.15) is 12.0 Å². The molecule has 1 atom stereocenters. The van der Waals surface area contributed by atoms with Crippen LogP contribution < -0.4 is 10.6 Å². The molecule has 1 aliphatic heterocycles. The Hall–Kier alpha value is -0.710.